The first-order valence-electron chi connectivity index (χ1n) is 8.07. The van der Waals surface area contributed by atoms with Crippen LogP contribution in [0.2, 0.25) is 0 Å². The lowest BCUT2D eigenvalue weighted by Crippen LogP contribution is -2.52. The molecule has 2 aliphatic heterocycles. The molecule has 1 aromatic carbocycles. The lowest BCUT2D eigenvalue weighted by molar-refractivity contribution is 0.0572. The number of benzene rings is 1. The fourth-order valence-corrected chi connectivity index (χ4v) is 3.53. The van der Waals surface area contributed by atoms with Crippen LogP contribution in [0.5, 0.6) is 0 Å². The molecule has 1 unspecified atom stereocenters. The summed E-state index contributed by atoms with van der Waals surface area (Å²) >= 11 is 0. The SMILES string of the molecule is CCNc1ccc(C)cc1C(=O)N1CCN2CCCC2C1. The van der Waals surface area contributed by atoms with Gasteiger partial charge in [-0.15, -0.1) is 0 Å². The average Bonchev–Trinajstić information content (AvgIpc) is 2.96. The van der Waals surface area contributed by atoms with Gasteiger partial charge in [0.1, 0.15) is 0 Å². The molecular formula is C17H25N3O. The van der Waals surface area contributed by atoms with Crippen molar-refractivity contribution in [2.45, 2.75) is 32.7 Å². The van der Waals surface area contributed by atoms with E-state index in [2.05, 4.69) is 23.2 Å². The molecule has 0 radical (unpaired) electrons. The van der Waals surface area contributed by atoms with Crippen LogP contribution >= 0.6 is 0 Å². The maximum atomic E-state index is 12.9. The van der Waals surface area contributed by atoms with E-state index < -0.39 is 0 Å². The van der Waals surface area contributed by atoms with E-state index in [0.717, 1.165) is 43.0 Å². The summed E-state index contributed by atoms with van der Waals surface area (Å²) in [4.78, 5) is 17.5. The van der Waals surface area contributed by atoms with E-state index in [0.29, 0.717) is 6.04 Å². The summed E-state index contributed by atoms with van der Waals surface area (Å²) in [7, 11) is 0. The molecule has 2 fully saturated rings. The maximum absolute atomic E-state index is 12.9. The molecule has 0 aliphatic carbocycles. The number of nitrogens with zero attached hydrogens (tertiary/aromatic N) is 2. The lowest BCUT2D eigenvalue weighted by Gasteiger charge is -2.37. The highest BCUT2D eigenvalue weighted by Gasteiger charge is 2.33. The second-order valence-corrected chi connectivity index (χ2v) is 6.16. The van der Waals surface area contributed by atoms with Crippen LogP contribution in [0.3, 0.4) is 0 Å². The maximum Gasteiger partial charge on any atom is 0.256 e. The molecule has 0 spiro atoms. The molecule has 21 heavy (non-hydrogen) atoms. The van der Waals surface area contributed by atoms with E-state index in [1.165, 1.54) is 19.4 Å². The smallest absolute Gasteiger partial charge is 0.256 e. The Hall–Kier alpha value is -1.55. The molecule has 0 aromatic heterocycles. The summed E-state index contributed by atoms with van der Waals surface area (Å²) in [6, 6.07) is 6.68. The van der Waals surface area contributed by atoms with Crippen LogP contribution in [-0.2, 0) is 0 Å². The van der Waals surface area contributed by atoms with Crippen molar-refractivity contribution >= 4 is 11.6 Å². The van der Waals surface area contributed by atoms with Crippen molar-refractivity contribution in [2.75, 3.05) is 38.0 Å². The highest BCUT2D eigenvalue weighted by molar-refractivity contribution is 6.00. The van der Waals surface area contributed by atoms with Crippen LogP contribution in [-0.4, -0.2) is 54.5 Å². The molecule has 1 N–H and O–H groups in total. The van der Waals surface area contributed by atoms with Gasteiger partial charge in [-0.3, -0.25) is 9.69 Å². The normalized spacial score (nSPS) is 22.2. The van der Waals surface area contributed by atoms with Crippen LogP contribution in [0.1, 0.15) is 35.7 Å². The minimum atomic E-state index is 0.182. The van der Waals surface area contributed by atoms with Crippen molar-refractivity contribution in [1.82, 2.24) is 9.80 Å². The highest BCUT2D eigenvalue weighted by Crippen LogP contribution is 2.25. The van der Waals surface area contributed by atoms with E-state index in [4.69, 9.17) is 0 Å². The Kier molecular flexibility index (Phi) is 4.15. The van der Waals surface area contributed by atoms with Gasteiger partial charge in [-0.2, -0.15) is 0 Å². The van der Waals surface area contributed by atoms with Gasteiger partial charge in [0.25, 0.3) is 5.91 Å². The number of aryl methyl sites for hydroxylation is 1. The molecule has 0 saturated carbocycles. The average molecular weight is 287 g/mol. The molecule has 1 atom stereocenters. The van der Waals surface area contributed by atoms with Crippen molar-refractivity contribution in [3.8, 4) is 0 Å². The van der Waals surface area contributed by atoms with E-state index in [1.54, 1.807) is 0 Å². The molecular weight excluding hydrogens is 262 g/mol. The molecule has 4 nitrogen and oxygen atoms in total. The van der Waals surface area contributed by atoms with Crippen LogP contribution in [0.4, 0.5) is 5.69 Å². The van der Waals surface area contributed by atoms with Crippen molar-refractivity contribution in [3.63, 3.8) is 0 Å². The number of piperazine rings is 1. The molecule has 2 saturated heterocycles. The van der Waals surface area contributed by atoms with E-state index in [-0.39, 0.29) is 5.91 Å². The first-order chi connectivity index (χ1) is 10.2. The first kappa shape index (κ1) is 14.4. The molecule has 1 amide bonds. The van der Waals surface area contributed by atoms with Crippen LogP contribution in [0.25, 0.3) is 0 Å². The number of amides is 1. The van der Waals surface area contributed by atoms with Gasteiger partial charge in [0, 0.05) is 37.9 Å². The van der Waals surface area contributed by atoms with Gasteiger partial charge < -0.3 is 10.2 Å². The van der Waals surface area contributed by atoms with Gasteiger partial charge in [-0.05, 0) is 45.4 Å². The molecule has 2 heterocycles. The zero-order chi connectivity index (χ0) is 14.8. The van der Waals surface area contributed by atoms with Crippen molar-refractivity contribution in [2.24, 2.45) is 0 Å². The number of nitrogens with one attached hydrogen (secondary N) is 1. The van der Waals surface area contributed by atoms with Crippen molar-refractivity contribution in [3.05, 3.63) is 29.3 Å². The summed E-state index contributed by atoms with van der Waals surface area (Å²) in [5, 5.41) is 3.31. The van der Waals surface area contributed by atoms with Gasteiger partial charge in [-0.25, -0.2) is 0 Å². The van der Waals surface area contributed by atoms with E-state index >= 15 is 0 Å². The Morgan fingerprint density at radius 3 is 3.00 bits per heavy atom. The fourth-order valence-electron chi connectivity index (χ4n) is 3.53. The van der Waals surface area contributed by atoms with Crippen LogP contribution < -0.4 is 5.32 Å². The Bertz CT molecular complexity index is 529. The third-order valence-electron chi connectivity index (χ3n) is 4.65. The summed E-state index contributed by atoms with van der Waals surface area (Å²) in [5.41, 5.74) is 2.92. The fraction of sp³-hybridized carbons (Fsp3) is 0.588. The van der Waals surface area contributed by atoms with E-state index in [9.17, 15) is 4.79 Å². The number of anilines is 1. The van der Waals surface area contributed by atoms with Gasteiger partial charge in [0.15, 0.2) is 0 Å². The Morgan fingerprint density at radius 2 is 2.19 bits per heavy atom. The minimum absolute atomic E-state index is 0.182. The lowest BCUT2D eigenvalue weighted by atomic mass is 10.1. The number of carbonyl (C=O) groups excluding carboxylic acids is 1. The van der Waals surface area contributed by atoms with Gasteiger partial charge in [-0.1, -0.05) is 11.6 Å². The number of hydrogen-bond donors (Lipinski definition) is 1. The second kappa shape index (κ2) is 6.06. The molecule has 3 rings (SSSR count). The van der Waals surface area contributed by atoms with E-state index in [1.807, 2.05) is 24.0 Å². The summed E-state index contributed by atoms with van der Waals surface area (Å²) in [5.74, 6) is 0.182. The third kappa shape index (κ3) is 2.91. The summed E-state index contributed by atoms with van der Waals surface area (Å²) in [6.07, 6.45) is 2.51. The second-order valence-electron chi connectivity index (χ2n) is 6.16. The minimum Gasteiger partial charge on any atom is -0.385 e. The van der Waals surface area contributed by atoms with Crippen LogP contribution in [0, 0.1) is 6.92 Å². The Morgan fingerprint density at radius 1 is 1.33 bits per heavy atom. The van der Waals surface area contributed by atoms with Crippen molar-refractivity contribution < 1.29 is 4.79 Å². The van der Waals surface area contributed by atoms with Gasteiger partial charge in [0.2, 0.25) is 0 Å². The van der Waals surface area contributed by atoms with Gasteiger partial charge >= 0.3 is 0 Å². The quantitative estimate of drug-likeness (QED) is 0.927. The predicted octanol–water partition coefficient (Wildman–Crippen LogP) is 2.35. The number of hydrogen-bond acceptors (Lipinski definition) is 3. The third-order valence-corrected chi connectivity index (χ3v) is 4.65. The molecule has 4 heteroatoms. The van der Waals surface area contributed by atoms with Crippen LogP contribution in [0.15, 0.2) is 18.2 Å². The molecule has 2 aliphatic rings. The molecule has 0 bridgehead atoms. The number of fused-ring (bicyclic) bond motifs is 1. The molecule has 1 aromatic rings. The summed E-state index contributed by atoms with van der Waals surface area (Å²) in [6.45, 7) is 8.91. The largest absolute Gasteiger partial charge is 0.385 e. The number of carbonyl (C=O) groups is 1. The predicted molar refractivity (Wildman–Crippen MR) is 85.8 cm³/mol. The van der Waals surface area contributed by atoms with Gasteiger partial charge in [0.05, 0.1) is 5.56 Å². The standard InChI is InChI=1S/C17H25N3O/c1-3-18-16-7-6-13(2)11-15(16)17(21)20-10-9-19-8-4-5-14(19)12-20/h6-7,11,14,18H,3-5,8-10,12H2,1-2H3. The zero-order valence-corrected chi connectivity index (χ0v) is 13.1. The monoisotopic (exact) mass is 287 g/mol. The topological polar surface area (TPSA) is 35.6 Å². The Balaban J connectivity index is 1.79. The zero-order valence-electron chi connectivity index (χ0n) is 13.1. The van der Waals surface area contributed by atoms with Crippen molar-refractivity contribution in [1.29, 1.82) is 0 Å². The summed E-state index contributed by atoms with van der Waals surface area (Å²) < 4.78 is 0. The Labute approximate surface area is 127 Å². The highest BCUT2D eigenvalue weighted by atomic mass is 16.2. The first-order valence-corrected chi connectivity index (χ1v) is 8.07. The number of rotatable bonds is 3. The molecule has 114 valence electrons.